The molecule has 2 aliphatic rings. The van der Waals surface area contributed by atoms with Crippen LogP contribution in [0.15, 0.2) is 54.6 Å². The highest BCUT2D eigenvalue weighted by Gasteiger charge is 2.27. The molecule has 3 heterocycles. The van der Waals surface area contributed by atoms with Gasteiger partial charge in [0.25, 0.3) is 0 Å². The lowest BCUT2D eigenvalue weighted by atomic mass is 9.94. The maximum atomic E-state index is 11.2. The summed E-state index contributed by atoms with van der Waals surface area (Å²) in [4.78, 5) is 16.2. The summed E-state index contributed by atoms with van der Waals surface area (Å²) in [7, 11) is 0. The van der Waals surface area contributed by atoms with E-state index in [0.29, 0.717) is 6.61 Å². The second-order valence-electron chi connectivity index (χ2n) is 10.3. The van der Waals surface area contributed by atoms with E-state index in [4.69, 9.17) is 19.6 Å². The van der Waals surface area contributed by atoms with Crippen molar-refractivity contribution in [2.75, 3.05) is 13.2 Å². The zero-order valence-electron chi connectivity index (χ0n) is 21.4. The number of carboxylic acid groups (broad SMARTS) is 1. The van der Waals surface area contributed by atoms with Crippen molar-refractivity contribution in [2.45, 2.75) is 58.0 Å². The number of hydrogen-bond acceptors (Lipinski definition) is 4. The fourth-order valence-corrected chi connectivity index (χ4v) is 5.78. The summed E-state index contributed by atoms with van der Waals surface area (Å²) in [6.07, 6.45) is 3.97. The van der Waals surface area contributed by atoms with Gasteiger partial charge in [0.15, 0.2) is 0 Å². The summed E-state index contributed by atoms with van der Waals surface area (Å²) in [5.41, 5.74) is 9.24. The molecule has 6 rings (SSSR count). The van der Waals surface area contributed by atoms with Crippen LogP contribution < -0.4 is 4.74 Å². The minimum atomic E-state index is -0.788. The number of fused-ring (bicyclic) bond motifs is 2. The molecule has 0 aliphatic carbocycles. The first kappa shape index (κ1) is 23.7. The Labute approximate surface area is 216 Å². The highest BCUT2D eigenvalue weighted by atomic mass is 16.5. The van der Waals surface area contributed by atoms with Gasteiger partial charge in [-0.3, -0.25) is 9.36 Å². The number of nitrogens with zero attached hydrogens (tertiary/aromatic N) is 2. The van der Waals surface area contributed by atoms with Crippen LogP contribution in [0.5, 0.6) is 5.75 Å². The largest absolute Gasteiger partial charge is 0.493 e. The molecular formula is C31H32N2O4. The Bertz CT molecular complexity index is 1480. The quantitative estimate of drug-likeness (QED) is 0.328. The van der Waals surface area contributed by atoms with Crippen LogP contribution >= 0.6 is 0 Å². The van der Waals surface area contributed by atoms with Gasteiger partial charge in [-0.1, -0.05) is 30.3 Å². The van der Waals surface area contributed by atoms with E-state index in [2.05, 4.69) is 66.9 Å². The van der Waals surface area contributed by atoms with E-state index in [1.54, 1.807) is 0 Å². The molecule has 3 aromatic carbocycles. The molecule has 0 bridgehead atoms. The summed E-state index contributed by atoms with van der Waals surface area (Å²) in [5, 5.41) is 9.16. The van der Waals surface area contributed by atoms with Crippen molar-refractivity contribution in [1.29, 1.82) is 0 Å². The Morgan fingerprint density at radius 3 is 2.81 bits per heavy atom. The van der Waals surface area contributed by atoms with Crippen molar-refractivity contribution in [3.05, 3.63) is 88.2 Å². The second-order valence-corrected chi connectivity index (χ2v) is 10.3. The Balaban J connectivity index is 1.30. The van der Waals surface area contributed by atoms with E-state index >= 15 is 0 Å². The van der Waals surface area contributed by atoms with E-state index < -0.39 is 5.97 Å². The summed E-state index contributed by atoms with van der Waals surface area (Å²) >= 11 is 0. The van der Waals surface area contributed by atoms with Gasteiger partial charge in [0.2, 0.25) is 0 Å². The van der Waals surface area contributed by atoms with Crippen molar-refractivity contribution in [3.63, 3.8) is 0 Å². The highest BCUT2D eigenvalue weighted by molar-refractivity contribution is 5.79. The molecule has 190 valence electrons. The lowest BCUT2D eigenvalue weighted by molar-refractivity contribution is -0.137. The topological polar surface area (TPSA) is 73.6 Å². The first-order valence-electron chi connectivity index (χ1n) is 13.1. The van der Waals surface area contributed by atoms with Crippen molar-refractivity contribution in [3.8, 4) is 11.4 Å². The van der Waals surface area contributed by atoms with Gasteiger partial charge in [0.05, 0.1) is 29.7 Å². The summed E-state index contributed by atoms with van der Waals surface area (Å²) in [5.74, 6) is 0.970. The summed E-state index contributed by atoms with van der Waals surface area (Å²) in [6.45, 7) is 5.53. The van der Waals surface area contributed by atoms with Gasteiger partial charge in [-0.15, -0.1) is 0 Å². The molecule has 6 heteroatoms. The number of benzene rings is 3. The molecule has 2 atom stereocenters. The van der Waals surface area contributed by atoms with Crippen LogP contribution in [0.3, 0.4) is 0 Å². The van der Waals surface area contributed by atoms with Gasteiger partial charge >= 0.3 is 5.97 Å². The molecule has 1 saturated heterocycles. The number of hydrogen-bond donors (Lipinski definition) is 1. The van der Waals surface area contributed by atoms with E-state index in [1.807, 2.05) is 6.07 Å². The Kier molecular flexibility index (Phi) is 6.21. The number of aromatic nitrogens is 2. The minimum absolute atomic E-state index is 0.0205. The van der Waals surface area contributed by atoms with Crippen molar-refractivity contribution >= 4 is 17.0 Å². The number of rotatable bonds is 7. The summed E-state index contributed by atoms with van der Waals surface area (Å²) in [6, 6.07) is 19.2. The minimum Gasteiger partial charge on any atom is -0.493 e. The molecule has 1 N–H and O–H groups in total. The molecule has 0 spiro atoms. The average molecular weight is 497 g/mol. The first-order chi connectivity index (χ1) is 18.0. The second kappa shape index (κ2) is 9.67. The van der Waals surface area contributed by atoms with Crippen molar-refractivity contribution in [1.82, 2.24) is 9.55 Å². The molecule has 0 amide bonds. The fraction of sp³-hybridized carbons (Fsp3) is 0.355. The van der Waals surface area contributed by atoms with Crippen molar-refractivity contribution in [2.24, 2.45) is 0 Å². The van der Waals surface area contributed by atoms with Crippen molar-refractivity contribution < 1.29 is 19.4 Å². The Morgan fingerprint density at radius 2 is 2.00 bits per heavy atom. The molecule has 4 aromatic rings. The van der Waals surface area contributed by atoms with Crippen LogP contribution in [0.4, 0.5) is 0 Å². The van der Waals surface area contributed by atoms with E-state index in [-0.39, 0.29) is 18.4 Å². The number of aryl methyl sites for hydroxylation is 3. The highest BCUT2D eigenvalue weighted by Crippen LogP contribution is 2.37. The summed E-state index contributed by atoms with van der Waals surface area (Å²) < 4.78 is 14.2. The average Bonchev–Trinajstić information content (AvgIpc) is 3.62. The Morgan fingerprint density at radius 1 is 1.11 bits per heavy atom. The van der Waals surface area contributed by atoms with Gasteiger partial charge in [-0.25, -0.2) is 4.98 Å². The predicted octanol–water partition coefficient (Wildman–Crippen LogP) is 6.23. The number of carbonyl (C=O) groups is 1. The van der Waals surface area contributed by atoms with Crippen LogP contribution in [-0.4, -0.2) is 33.8 Å². The third-order valence-corrected chi connectivity index (χ3v) is 7.77. The molecule has 6 nitrogen and oxygen atoms in total. The Hall–Kier alpha value is -3.64. The maximum absolute atomic E-state index is 11.2. The standard InChI is InChI=1S/C31H32N2O4/c1-19-8-13-27-25(15-19)32-31(28-7-4-14-36-28)33(27)26-6-3-5-22(20(26)2)11-9-21-10-12-24-23(17-30(34)35)18-37-29(24)16-21/h3,5-6,8,10,12-13,15-16,23,28H,4,7,9,11,14,17-18H2,1-2H3,(H,34,35)/t23-,28-/m1/s1. The molecule has 0 radical (unpaired) electrons. The zero-order valence-corrected chi connectivity index (χ0v) is 21.4. The first-order valence-corrected chi connectivity index (χ1v) is 13.1. The van der Waals surface area contributed by atoms with Crippen LogP contribution in [0.2, 0.25) is 0 Å². The smallest absolute Gasteiger partial charge is 0.304 e. The van der Waals surface area contributed by atoms with Gasteiger partial charge in [0, 0.05) is 18.1 Å². The molecular weight excluding hydrogens is 464 g/mol. The van der Waals surface area contributed by atoms with E-state index in [0.717, 1.165) is 66.1 Å². The van der Waals surface area contributed by atoms with Gasteiger partial charge in [-0.05, 0) is 86.1 Å². The van der Waals surface area contributed by atoms with Gasteiger partial charge in [-0.2, -0.15) is 0 Å². The SMILES string of the molecule is Cc1ccc2c(c1)nc([C@H]1CCCO1)n2-c1cccc(CCc2ccc3c(c2)OC[C@H]3CC(=O)O)c1C. The zero-order chi connectivity index (χ0) is 25.5. The fourth-order valence-electron chi connectivity index (χ4n) is 5.78. The number of ether oxygens (including phenoxy) is 2. The molecule has 1 fully saturated rings. The number of carboxylic acids is 1. The lowest BCUT2D eigenvalue weighted by Crippen LogP contribution is -2.09. The van der Waals surface area contributed by atoms with Gasteiger partial charge in [0.1, 0.15) is 17.7 Å². The molecule has 1 aromatic heterocycles. The lowest BCUT2D eigenvalue weighted by Gasteiger charge is -2.18. The molecule has 0 unspecified atom stereocenters. The van der Waals surface area contributed by atoms with E-state index in [1.165, 1.54) is 22.3 Å². The number of imidazole rings is 1. The predicted molar refractivity (Wildman–Crippen MR) is 143 cm³/mol. The monoisotopic (exact) mass is 496 g/mol. The molecule has 0 saturated carbocycles. The van der Waals surface area contributed by atoms with Crippen LogP contribution in [0.1, 0.15) is 64.9 Å². The van der Waals surface area contributed by atoms with Crippen LogP contribution in [0.25, 0.3) is 16.7 Å². The van der Waals surface area contributed by atoms with Gasteiger partial charge < -0.3 is 14.6 Å². The van der Waals surface area contributed by atoms with E-state index in [9.17, 15) is 4.79 Å². The third kappa shape index (κ3) is 4.51. The normalized spacial score (nSPS) is 18.8. The maximum Gasteiger partial charge on any atom is 0.304 e. The van der Waals surface area contributed by atoms with Crippen LogP contribution in [-0.2, 0) is 22.4 Å². The number of aliphatic carboxylic acids is 1. The molecule has 2 aliphatic heterocycles. The van der Waals surface area contributed by atoms with Crippen LogP contribution in [0, 0.1) is 13.8 Å². The third-order valence-electron chi connectivity index (χ3n) is 7.77. The molecule has 37 heavy (non-hydrogen) atoms.